The fourth-order valence-corrected chi connectivity index (χ4v) is 6.89. The van der Waals surface area contributed by atoms with E-state index >= 15 is 0 Å². The molecule has 3 aromatic rings. The van der Waals surface area contributed by atoms with Crippen molar-refractivity contribution in [3.05, 3.63) is 65.2 Å². The van der Waals surface area contributed by atoms with Crippen LogP contribution in [0.15, 0.2) is 59.6 Å². The molecule has 0 spiro atoms. The molecular weight excluding hydrogens is 466 g/mol. The van der Waals surface area contributed by atoms with E-state index in [0.717, 1.165) is 42.7 Å². The average Bonchev–Trinajstić information content (AvgIpc) is 3.42. The summed E-state index contributed by atoms with van der Waals surface area (Å²) in [6.45, 7) is 0. The van der Waals surface area contributed by atoms with E-state index in [1.165, 1.54) is 17.0 Å². The Balaban J connectivity index is 1.26. The van der Waals surface area contributed by atoms with Gasteiger partial charge in [0.2, 0.25) is 0 Å². The molecule has 34 heavy (non-hydrogen) atoms. The Morgan fingerprint density at radius 2 is 1.88 bits per heavy atom. The molecule has 5 rings (SSSR count). The Hall–Kier alpha value is -2.77. The molecule has 2 unspecified atom stereocenters. The van der Waals surface area contributed by atoms with E-state index in [4.69, 9.17) is 5.73 Å². The van der Waals surface area contributed by atoms with Crippen LogP contribution < -0.4 is 15.8 Å². The number of aromatic nitrogens is 1. The number of hydrogen-bond acceptors (Lipinski definition) is 7. The van der Waals surface area contributed by atoms with E-state index in [2.05, 4.69) is 15.0 Å². The molecule has 4 N–H and O–H groups in total. The smallest absolute Gasteiger partial charge is 0.263 e. The van der Waals surface area contributed by atoms with Gasteiger partial charge in [0.25, 0.3) is 10.0 Å². The molecule has 1 aromatic heterocycles. The maximum Gasteiger partial charge on any atom is 0.263 e. The molecule has 2 saturated carbocycles. The third-order valence-electron chi connectivity index (χ3n) is 6.56. The minimum absolute atomic E-state index is 0.0355. The topological polar surface area (TPSA) is 121 Å². The van der Waals surface area contributed by atoms with Gasteiger partial charge in [0.1, 0.15) is 16.0 Å². The van der Waals surface area contributed by atoms with Gasteiger partial charge < -0.3 is 11.1 Å². The summed E-state index contributed by atoms with van der Waals surface area (Å²) in [7, 11) is -3.88. The second kappa shape index (κ2) is 9.47. The van der Waals surface area contributed by atoms with Crippen LogP contribution >= 0.6 is 11.3 Å². The number of rotatable bonds is 7. The van der Waals surface area contributed by atoms with Gasteiger partial charge in [-0.2, -0.15) is 5.26 Å². The van der Waals surface area contributed by atoms with Crippen LogP contribution in [-0.2, 0) is 10.0 Å². The minimum Gasteiger partial charge on any atom is -0.328 e. The third-order valence-corrected chi connectivity index (χ3v) is 9.18. The molecule has 2 atom stereocenters. The van der Waals surface area contributed by atoms with Crippen LogP contribution in [0, 0.1) is 11.3 Å². The van der Waals surface area contributed by atoms with Crippen LogP contribution in [0.4, 0.5) is 5.69 Å². The molecule has 0 radical (unpaired) electrons. The largest absolute Gasteiger partial charge is 0.328 e. The standard InChI is InChI=1S/C25H27N5O2S2/c26-14-17-4-1-2-7-24(17)34(31,32)30-20-6-3-5-16(12-20)25-28-15-23(33-25)21-13-22(21)29-19-10-8-18(27)9-11-19/h1-7,12,15,18-19,21-22,29-30H,8-11,13,27H2/t18-,19-,21?,22?. The molecule has 2 aliphatic carbocycles. The maximum atomic E-state index is 12.9. The first-order valence-corrected chi connectivity index (χ1v) is 13.8. The number of nitrogens with two attached hydrogens (primary N) is 1. The molecule has 0 aliphatic heterocycles. The zero-order valence-corrected chi connectivity index (χ0v) is 20.3. The highest BCUT2D eigenvalue weighted by molar-refractivity contribution is 7.92. The molecule has 0 bridgehead atoms. The predicted molar refractivity (Wildman–Crippen MR) is 134 cm³/mol. The van der Waals surface area contributed by atoms with Gasteiger partial charge in [0.15, 0.2) is 0 Å². The van der Waals surface area contributed by atoms with Crippen LogP contribution in [0.2, 0.25) is 0 Å². The van der Waals surface area contributed by atoms with E-state index in [1.807, 2.05) is 18.3 Å². The van der Waals surface area contributed by atoms with Crippen molar-refractivity contribution in [2.75, 3.05) is 4.72 Å². The number of sulfonamides is 1. The van der Waals surface area contributed by atoms with Crippen molar-refractivity contribution in [1.82, 2.24) is 10.3 Å². The lowest BCUT2D eigenvalue weighted by atomic mass is 9.92. The lowest BCUT2D eigenvalue weighted by Gasteiger charge is -2.27. The van der Waals surface area contributed by atoms with Crippen LogP contribution in [0.1, 0.15) is 48.5 Å². The monoisotopic (exact) mass is 493 g/mol. The van der Waals surface area contributed by atoms with Gasteiger partial charge in [0, 0.05) is 46.4 Å². The predicted octanol–water partition coefficient (Wildman–Crippen LogP) is 4.20. The Kier molecular flexibility index (Phi) is 6.40. The third kappa shape index (κ3) is 5.00. The molecule has 9 heteroatoms. The highest BCUT2D eigenvalue weighted by atomic mass is 32.2. The Labute approximate surface area is 204 Å². The molecule has 2 fully saturated rings. The van der Waals surface area contributed by atoms with Gasteiger partial charge in [-0.25, -0.2) is 13.4 Å². The number of benzene rings is 2. The highest BCUT2D eigenvalue weighted by Crippen LogP contribution is 2.45. The Bertz CT molecular complexity index is 1320. The number of nitriles is 1. The Morgan fingerprint density at radius 3 is 2.68 bits per heavy atom. The molecule has 0 amide bonds. The normalized spacial score (nSPS) is 24.4. The van der Waals surface area contributed by atoms with Gasteiger partial charge in [-0.3, -0.25) is 4.72 Å². The number of nitrogens with zero attached hydrogens (tertiary/aromatic N) is 2. The van der Waals surface area contributed by atoms with Crippen LogP contribution in [-0.4, -0.2) is 31.5 Å². The summed E-state index contributed by atoms with van der Waals surface area (Å²) >= 11 is 1.66. The molecule has 1 heterocycles. The second-order valence-electron chi connectivity index (χ2n) is 9.09. The van der Waals surface area contributed by atoms with Gasteiger partial charge >= 0.3 is 0 Å². The summed E-state index contributed by atoms with van der Waals surface area (Å²) in [5.74, 6) is 0.492. The van der Waals surface area contributed by atoms with Crippen molar-refractivity contribution in [1.29, 1.82) is 5.26 Å². The summed E-state index contributed by atoms with van der Waals surface area (Å²) in [6, 6.07) is 16.7. The average molecular weight is 494 g/mol. The first-order valence-electron chi connectivity index (χ1n) is 11.5. The summed E-state index contributed by atoms with van der Waals surface area (Å²) in [5, 5.41) is 13.9. The molecule has 2 aliphatic rings. The van der Waals surface area contributed by atoms with Crippen LogP contribution in [0.5, 0.6) is 0 Å². The van der Waals surface area contributed by atoms with Crippen molar-refractivity contribution in [2.45, 2.75) is 61.0 Å². The van der Waals surface area contributed by atoms with E-state index < -0.39 is 10.0 Å². The van der Waals surface area contributed by atoms with E-state index in [-0.39, 0.29) is 10.5 Å². The number of thiazole rings is 1. The summed E-state index contributed by atoms with van der Waals surface area (Å²) < 4.78 is 28.3. The van der Waals surface area contributed by atoms with Crippen molar-refractivity contribution < 1.29 is 8.42 Å². The number of nitrogens with one attached hydrogen (secondary N) is 2. The lowest BCUT2D eigenvalue weighted by Crippen LogP contribution is -2.38. The van der Waals surface area contributed by atoms with Crippen molar-refractivity contribution in [3.8, 4) is 16.6 Å². The van der Waals surface area contributed by atoms with Crippen LogP contribution in [0.3, 0.4) is 0 Å². The summed E-state index contributed by atoms with van der Waals surface area (Å²) in [6.07, 6.45) is 7.58. The van der Waals surface area contributed by atoms with Gasteiger partial charge in [0.05, 0.1) is 5.56 Å². The summed E-state index contributed by atoms with van der Waals surface area (Å²) in [4.78, 5) is 5.84. The fourth-order valence-electron chi connectivity index (χ4n) is 4.59. The second-order valence-corrected chi connectivity index (χ2v) is 11.8. The summed E-state index contributed by atoms with van der Waals surface area (Å²) in [5.41, 5.74) is 7.42. The molecular formula is C25H27N5O2S2. The Morgan fingerprint density at radius 1 is 1.09 bits per heavy atom. The van der Waals surface area contributed by atoms with Crippen molar-refractivity contribution in [3.63, 3.8) is 0 Å². The van der Waals surface area contributed by atoms with Gasteiger partial charge in [-0.15, -0.1) is 11.3 Å². The van der Waals surface area contributed by atoms with Crippen LogP contribution in [0.25, 0.3) is 10.6 Å². The van der Waals surface area contributed by atoms with E-state index in [1.54, 1.807) is 41.7 Å². The zero-order chi connectivity index (χ0) is 23.7. The molecule has 7 nitrogen and oxygen atoms in total. The number of anilines is 1. The maximum absolute atomic E-state index is 12.9. The molecule has 0 saturated heterocycles. The first-order chi connectivity index (χ1) is 16.4. The van der Waals surface area contributed by atoms with Crippen molar-refractivity contribution in [2.24, 2.45) is 5.73 Å². The van der Waals surface area contributed by atoms with E-state index in [9.17, 15) is 13.7 Å². The van der Waals surface area contributed by atoms with Gasteiger partial charge in [-0.05, 0) is 56.4 Å². The SMILES string of the molecule is N#Cc1ccccc1S(=O)(=O)Nc1cccc(-c2ncc(C3CC3N[C@H]3CC[C@H](N)CC3)s2)c1. The highest BCUT2D eigenvalue weighted by Gasteiger charge is 2.41. The molecule has 2 aromatic carbocycles. The zero-order valence-electron chi connectivity index (χ0n) is 18.6. The van der Waals surface area contributed by atoms with Gasteiger partial charge in [-0.1, -0.05) is 24.3 Å². The minimum atomic E-state index is -3.88. The number of hydrogen-bond donors (Lipinski definition) is 3. The van der Waals surface area contributed by atoms with Crippen molar-refractivity contribution >= 4 is 27.0 Å². The van der Waals surface area contributed by atoms with E-state index in [0.29, 0.717) is 29.7 Å². The fraction of sp³-hybridized carbons (Fsp3) is 0.360. The lowest BCUT2D eigenvalue weighted by molar-refractivity contribution is 0.340. The quantitative estimate of drug-likeness (QED) is 0.454. The molecule has 176 valence electrons. The first kappa shape index (κ1) is 23.0.